The number of hydrogen-bond donors (Lipinski definition) is 2. The van der Waals surface area contributed by atoms with Crippen LogP contribution in [0, 0.1) is 0 Å². The van der Waals surface area contributed by atoms with Gasteiger partial charge in [0.25, 0.3) is 0 Å². The van der Waals surface area contributed by atoms with Crippen molar-refractivity contribution in [2.45, 2.75) is 0 Å². The Labute approximate surface area is 116 Å². The van der Waals surface area contributed by atoms with E-state index in [1.165, 1.54) is 12.3 Å². The van der Waals surface area contributed by atoms with Gasteiger partial charge in [0.05, 0.1) is 18.4 Å². The van der Waals surface area contributed by atoms with Crippen LogP contribution in [-0.2, 0) is 0 Å². The van der Waals surface area contributed by atoms with Crippen molar-refractivity contribution in [2.75, 3.05) is 24.8 Å². The average Bonchev–Trinajstić information content (AvgIpc) is 2.46. The van der Waals surface area contributed by atoms with Crippen molar-refractivity contribution >= 4 is 23.2 Å². The summed E-state index contributed by atoms with van der Waals surface area (Å²) in [5, 5.41) is 8.90. The average molecular weight is 273 g/mol. The summed E-state index contributed by atoms with van der Waals surface area (Å²) in [6.45, 7) is 0. The number of pyridine rings is 1. The molecule has 6 nitrogen and oxygen atoms in total. The first-order valence-electron chi connectivity index (χ1n) is 5.89. The molecule has 0 fully saturated rings. The van der Waals surface area contributed by atoms with Crippen molar-refractivity contribution in [1.82, 2.24) is 4.98 Å². The molecule has 2 rings (SSSR count). The number of carboxylic acids is 1. The highest BCUT2D eigenvalue weighted by Crippen LogP contribution is 2.29. The molecule has 0 saturated heterocycles. The maximum atomic E-state index is 10.9. The van der Waals surface area contributed by atoms with Gasteiger partial charge in [0.1, 0.15) is 5.75 Å². The number of rotatable bonds is 4. The van der Waals surface area contributed by atoms with E-state index < -0.39 is 5.97 Å². The van der Waals surface area contributed by atoms with Gasteiger partial charge >= 0.3 is 5.97 Å². The Bertz CT molecular complexity index is 643. The van der Waals surface area contributed by atoms with Crippen LogP contribution in [0.15, 0.2) is 36.5 Å². The molecular weight excluding hydrogens is 258 g/mol. The molecule has 3 N–H and O–H groups in total. The number of benzene rings is 1. The molecule has 6 heteroatoms. The molecule has 1 heterocycles. The second-order valence-electron chi connectivity index (χ2n) is 4.20. The summed E-state index contributed by atoms with van der Waals surface area (Å²) >= 11 is 0. The van der Waals surface area contributed by atoms with E-state index in [0.717, 1.165) is 11.4 Å². The van der Waals surface area contributed by atoms with E-state index in [2.05, 4.69) is 4.98 Å². The molecule has 0 saturated carbocycles. The van der Waals surface area contributed by atoms with Crippen molar-refractivity contribution in [3.05, 3.63) is 42.1 Å². The van der Waals surface area contributed by atoms with Crippen molar-refractivity contribution in [3.63, 3.8) is 0 Å². The van der Waals surface area contributed by atoms with Crippen LogP contribution in [0.4, 0.5) is 17.2 Å². The van der Waals surface area contributed by atoms with Crippen LogP contribution in [0.25, 0.3) is 0 Å². The van der Waals surface area contributed by atoms with Crippen LogP contribution in [0.1, 0.15) is 10.4 Å². The lowest BCUT2D eigenvalue weighted by atomic mass is 10.2. The molecule has 2 aromatic rings. The molecule has 20 heavy (non-hydrogen) atoms. The summed E-state index contributed by atoms with van der Waals surface area (Å²) in [7, 11) is 3.39. The fourth-order valence-electron chi connectivity index (χ4n) is 1.81. The lowest BCUT2D eigenvalue weighted by Crippen LogP contribution is -2.14. The van der Waals surface area contributed by atoms with Gasteiger partial charge in [0, 0.05) is 25.0 Å². The minimum atomic E-state index is -1.06. The van der Waals surface area contributed by atoms with Crippen LogP contribution in [0.2, 0.25) is 0 Å². The van der Waals surface area contributed by atoms with E-state index in [1.807, 2.05) is 24.3 Å². The SMILES string of the molecule is COc1cccc(N(C)c2ncc(C(=O)O)cc2N)c1. The fourth-order valence-corrected chi connectivity index (χ4v) is 1.81. The summed E-state index contributed by atoms with van der Waals surface area (Å²) in [5.41, 5.74) is 7.07. The third kappa shape index (κ3) is 2.64. The first-order chi connectivity index (χ1) is 9.52. The summed E-state index contributed by atoms with van der Waals surface area (Å²) in [5.74, 6) is 0.151. The zero-order valence-electron chi connectivity index (χ0n) is 11.2. The molecule has 1 aromatic heterocycles. The molecule has 104 valence electrons. The van der Waals surface area contributed by atoms with Gasteiger partial charge in [-0.15, -0.1) is 0 Å². The van der Waals surface area contributed by atoms with Crippen LogP contribution in [0.3, 0.4) is 0 Å². The van der Waals surface area contributed by atoms with Crippen LogP contribution in [-0.4, -0.2) is 30.2 Å². The topological polar surface area (TPSA) is 88.7 Å². The van der Waals surface area contributed by atoms with E-state index in [9.17, 15) is 4.79 Å². The monoisotopic (exact) mass is 273 g/mol. The minimum Gasteiger partial charge on any atom is -0.497 e. The van der Waals surface area contributed by atoms with E-state index >= 15 is 0 Å². The number of nitrogen functional groups attached to an aromatic ring is 1. The quantitative estimate of drug-likeness (QED) is 0.887. The molecule has 0 amide bonds. The summed E-state index contributed by atoms with van der Waals surface area (Å²) in [4.78, 5) is 16.7. The molecule has 0 radical (unpaired) electrons. The molecule has 0 atom stereocenters. The number of nitrogens with two attached hydrogens (primary N) is 1. The first kappa shape index (κ1) is 13.7. The van der Waals surface area contributed by atoms with Gasteiger partial charge in [-0.25, -0.2) is 9.78 Å². The van der Waals surface area contributed by atoms with Crippen molar-refractivity contribution in [1.29, 1.82) is 0 Å². The Kier molecular flexibility index (Phi) is 3.74. The van der Waals surface area contributed by atoms with E-state index in [-0.39, 0.29) is 5.56 Å². The Morgan fingerprint density at radius 3 is 2.75 bits per heavy atom. The number of methoxy groups -OCH3 is 1. The molecular formula is C14H15N3O3. The molecule has 0 unspecified atom stereocenters. The zero-order chi connectivity index (χ0) is 14.7. The number of carbonyl (C=O) groups is 1. The molecule has 0 aliphatic heterocycles. The maximum Gasteiger partial charge on any atom is 0.337 e. The van der Waals surface area contributed by atoms with Crippen LogP contribution >= 0.6 is 0 Å². The summed E-state index contributed by atoms with van der Waals surface area (Å²) in [6, 6.07) is 8.80. The third-order valence-corrected chi connectivity index (χ3v) is 2.90. The molecule has 0 aliphatic carbocycles. The maximum absolute atomic E-state index is 10.9. The molecule has 0 spiro atoms. The van der Waals surface area contributed by atoms with Gasteiger partial charge in [-0.1, -0.05) is 6.07 Å². The van der Waals surface area contributed by atoms with Gasteiger partial charge in [0.15, 0.2) is 5.82 Å². The number of aromatic nitrogens is 1. The van der Waals surface area contributed by atoms with E-state index in [1.54, 1.807) is 19.1 Å². The third-order valence-electron chi connectivity index (χ3n) is 2.90. The number of ether oxygens (including phenoxy) is 1. The largest absolute Gasteiger partial charge is 0.497 e. The normalized spacial score (nSPS) is 10.1. The van der Waals surface area contributed by atoms with Gasteiger partial charge in [-0.2, -0.15) is 0 Å². The predicted octanol–water partition coefficient (Wildman–Crippen LogP) is 2.14. The summed E-state index contributed by atoms with van der Waals surface area (Å²) < 4.78 is 5.17. The predicted molar refractivity (Wildman–Crippen MR) is 76.7 cm³/mol. The lowest BCUT2D eigenvalue weighted by molar-refractivity contribution is 0.0696. The Morgan fingerprint density at radius 2 is 2.15 bits per heavy atom. The van der Waals surface area contributed by atoms with Gasteiger partial charge < -0.3 is 20.5 Å². The Morgan fingerprint density at radius 1 is 1.40 bits per heavy atom. The van der Waals surface area contributed by atoms with Gasteiger partial charge in [-0.3, -0.25) is 0 Å². The second kappa shape index (κ2) is 5.48. The Hall–Kier alpha value is -2.76. The summed E-state index contributed by atoms with van der Waals surface area (Å²) in [6.07, 6.45) is 1.28. The minimum absolute atomic E-state index is 0.0605. The van der Waals surface area contributed by atoms with Crippen LogP contribution < -0.4 is 15.4 Å². The number of carboxylic acid groups (broad SMARTS) is 1. The Balaban J connectivity index is 2.37. The number of anilines is 3. The lowest BCUT2D eigenvalue weighted by Gasteiger charge is -2.20. The molecule has 1 aromatic carbocycles. The number of nitrogens with zero attached hydrogens (tertiary/aromatic N) is 2. The zero-order valence-corrected chi connectivity index (χ0v) is 11.2. The smallest absolute Gasteiger partial charge is 0.337 e. The highest BCUT2D eigenvalue weighted by Gasteiger charge is 2.13. The second-order valence-corrected chi connectivity index (χ2v) is 4.20. The highest BCUT2D eigenvalue weighted by molar-refractivity contribution is 5.89. The van der Waals surface area contributed by atoms with Gasteiger partial charge in [0.2, 0.25) is 0 Å². The highest BCUT2D eigenvalue weighted by atomic mass is 16.5. The van der Waals surface area contributed by atoms with Gasteiger partial charge in [-0.05, 0) is 18.2 Å². The van der Waals surface area contributed by atoms with E-state index in [4.69, 9.17) is 15.6 Å². The molecule has 0 bridgehead atoms. The molecule has 0 aliphatic rings. The van der Waals surface area contributed by atoms with Crippen molar-refractivity contribution in [2.24, 2.45) is 0 Å². The number of aromatic carboxylic acids is 1. The van der Waals surface area contributed by atoms with Crippen molar-refractivity contribution < 1.29 is 14.6 Å². The first-order valence-corrected chi connectivity index (χ1v) is 5.89. The number of hydrogen-bond acceptors (Lipinski definition) is 5. The van der Waals surface area contributed by atoms with Crippen LogP contribution in [0.5, 0.6) is 5.75 Å². The fraction of sp³-hybridized carbons (Fsp3) is 0.143. The van der Waals surface area contributed by atoms with E-state index in [0.29, 0.717) is 11.5 Å². The standard InChI is InChI=1S/C14H15N3O3/c1-17(10-4-3-5-11(7-10)20-2)13-12(15)6-9(8-16-13)14(18)19/h3-8H,15H2,1-2H3,(H,18,19). The van der Waals surface area contributed by atoms with Crippen molar-refractivity contribution in [3.8, 4) is 5.75 Å².